The number of hydrogen-bond donors (Lipinski definition) is 1. The van der Waals surface area contributed by atoms with Crippen LogP contribution in [-0.2, 0) is 0 Å². The molecule has 0 saturated heterocycles. The number of hydrogen-bond acceptors (Lipinski definition) is 4. The third-order valence-corrected chi connectivity index (χ3v) is 5.28. The Balaban J connectivity index is 1.64. The van der Waals surface area contributed by atoms with Gasteiger partial charge in [0.15, 0.2) is 11.6 Å². The second-order valence-electron chi connectivity index (χ2n) is 6.15. The molecule has 0 saturated carbocycles. The normalized spacial score (nSPS) is 12.3. The second kappa shape index (κ2) is 6.85. The molecule has 0 unspecified atom stereocenters. The number of carbonyl (C=O) groups is 3. The number of nitrogens with one attached hydrogen (secondary N) is 1. The summed E-state index contributed by atoms with van der Waals surface area (Å²) in [5.41, 5.74) is 2.49. The number of benzene rings is 3. The molecule has 0 radical (unpaired) electrons. The van der Waals surface area contributed by atoms with Crippen molar-refractivity contribution in [1.82, 2.24) is 0 Å². The summed E-state index contributed by atoms with van der Waals surface area (Å²) in [4.78, 5) is 38.9. The van der Waals surface area contributed by atoms with Crippen molar-refractivity contribution >= 4 is 34.9 Å². The van der Waals surface area contributed by atoms with E-state index >= 15 is 0 Å². The molecular weight excluding hydrogens is 358 g/mol. The highest BCUT2D eigenvalue weighted by molar-refractivity contribution is 7.98. The Morgan fingerprint density at radius 3 is 2.00 bits per heavy atom. The molecular formula is C22H15NO3S. The molecule has 0 heterocycles. The molecule has 0 fully saturated rings. The Kier molecular flexibility index (Phi) is 4.38. The zero-order valence-corrected chi connectivity index (χ0v) is 15.3. The van der Waals surface area contributed by atoms with Gasteiger partial charge in [-0.3, -0.25) is 14.4 Å². The summed E-state index contributed by atoms with van der Waals surface area (Å²) in [6, 6.07) is 18.9. The molecule has 0 bridgehead atoms. The van der Waals surface area contributed by atoms with Gasteiger partial charge in [-0.05, 0) is 48.7 Å². The minimum absolute atomic E-state index is 0.175. The first-order valence-electron chi connectivity index (χ1n) is 8.36. The summed E-state index contributed by atoms with van der Waals surface area (Å²) in [5, 5.41) is 2.80. The van der Waals surface area contributed by atoms with Gasteiger partial charge in [0, 0.05) is 38.4 Å². The molecule has 132 valence electrons. The van der Waals surface area contributed by atoms with E-state index in [1.54, 1.807) is 66.4 Å². The number of amides is 1. The highest BCUT2D eigenvalue weighted by Crippen LogP contribution is 2.29. The summed E-state index contributed by atoms with van der Waals surface area (Å²) in [6.45, 7) is 0. The first-order valence-corrected chi connectivity index (χ1v) is 9.59. The van der Waals surface area contributed by atoms with Gasteiger partial charge in [0.05, 0.1) is 0 Å². The number of carbonyl (C=O) groups excluding carboxylic acids is 3. The van der Waals surface area contributed by atoms with Crippen LogP contribution in [0.4, 0.5) is 5.69 Å². The van der Waals surface area contributed by atoms with E-state index in [0.29, 0.717) is 33.5 Å². The lowest BCUT2D eigenvalue weighted by Crippen LogP contribution is -2.21. The second-order valence-corrected chi connectivity index (χ2v) is 7.03. The molecule has 0 atom stereocenters. The summed E-state index contributed by atoms with van der Waals surface area (Å²) in [5.74, 6) is -0.649. The highest BCUT2D eigenvalue weighted by atomic mass is 32.2. The summed E-state index contributed by atoms with van der Waals surface area (Å²) in [6.07, 6.45) is 1.97. The van der Waals surface area contributed by atoms with Gasteiger partial charge in [-0.2, -0.15) is 0 Å². The van der Waals surface area contributed by atoms with Gasteiger partial charge in [0.2, 0.25) is 0 Å². The Morgan fingerprint density at radius 1 is 0.778 bits per heavy atom. The molecule has 0 spiro atoms. The maximum Gasteiger partial charge on any atom is 0.255 e. The lowest BCUT2D eigenvalue weighted by molar-refractivity contribution is 0.0979. The number of thioether (sulfide) groups is 1. The Bertz CT molecular complexity index is 1090. The van der Waals surface area contributed by atoms with Gasteiger partial charge in [0.25, 0.3) is 5.91 Å². The smallest absolute Gasteiger partial charge is 0.255 e. The molecule has 4 rings (SSSR count). The van der Waals surface area contributed by atoms with Gasteiger partial charge in [-0.1, -0.05) is 24.3 Å². The molecule has 3 aromatic rings. The van der Waals surface area contributed by atoms with Crippen molar-refractivity contribution in [2.24, 2.45) is 0 Å². The fourth-order valence-corrected chi connectivity index (χ4v) is 3.53. The van der Waals surface area contributed by atoms with E-state index in [-0.39, 0.29) is 17.5 Å². The molecule has 27 heavy (non-hydrogen) atoms. The molecule has 1 N–H and O–H groups in total. The molecule has 1 amide bonds. The Hall–Kier alpha value is -3.18. The van der Waals surface area contributed by atoms with Gasteiger partial charge < -0.3 is 5.32 Å². The van der Waals surface area contributed by atoms with Crippen molar-refractivity contribution < 1.29 is 14.4 Å². The molecule has 3 aromatic carbocycles. The molecule has 0 aromatic heterocycles. The first kappa shape index (κ1) is 17.2. The van der Waals surface area contributed by atoms with Gasteiger partial charge in [0.1, 0.15) is 0 Å². The van der Waals surface area contributed by atoms with Crippen LogP contribution in [0.5, 0.6) is 0 Å². The summed E-state index contributed by atoms with van der Waals surface area (Å²) in [7, 11) is 0. The predicted molar refractivity (Wildman–Crippen MR) is 106 cm³/mol. The predicted octanol–water partition coefficient (Wildman–Crippen LogP) is 4.44. The van der Waals surface area contributed by atoms with E-state index in [2.05, 4.69) is 5.32 Å². The summed E-state index contributed by atoms with van der Waals surface area (Å²) < 4.78 is 0. The Labute approximate surface area is 160 Å². The Morgan fingerprint density at radius 2 is 1.37 bits per heavy atom. The van der Waals surface area contributed by atoms with Crippen molar-refractivity contribution in [2.45, 2.75) is 4.90 Å². The summed E-state index contributed by atoms with van der Waals surface area (Å²) >= 11 is 1.60. The fourth-order valence-electron chi connectivity index (χ4n) is 3.12. The number of rotatable bonds is 3. The van der Waals surface area contributed by atoms with E-state index in [4.69, 9.17) is 0 Å². The van der Waals surface area contributed by atoms with Gasteiger partial charge in [-0.15, -0.1) is 11.8 Å². The van der Waals surface area contributed by atoms with Crippen LogP contribution in [0, 0.1) is 0 Å². The largest absolute Gasteiger partial charge is 0.322 e. The van der Waals surface area contributed by atoms with Crippen LogP contribution in [0.3, 0.4) is 0 Å². The monoisotopic (exact) mass is 373 g/mol. The van der Waals surface area contributed by atoms with Crippen LogP contribution in [0.2, 0.25) is 0 Å². The third-order valence-electron chi connectivity index (χ3n) is 4.54. The maximum atomic E-state index is 12.8. The van der Waals surface area contributed by atoms with Crippen LogP contribution in [0.15, 0.2) is 71.6 Å². The van der Waals surface area contributed by atoms with E-state index in [0.717, 1.165) is 4.90 Å². The van der Waals surface area contributed by atoms with Crippen LogP contribution in [-0.4, -0.2) is 23.7 Å². The van der Waals surface area contributed by atoms with E-state index in [1.807, 2.05) is 18.4 Å². The number of fused-ring (bicyclic) bond motifs is 2. The van der Waals surface area contributed by atoms with Crippen molar-refractivity contribution in [3.8, 4) is 0 Å². The molecule has 1 aliphatic carbocycles. The minimum atomic E-state index is -0.266. The lowest BCUT2D eigenvalue weighted by Gasteiger charge is -2.18. The highest BCUT2D eigenvalue weighted by Gasteiger charge is 2.29. The quantitative estimate of drug-likeness (QED) is 0.540. The van der Waals surface area contributed by atoms with E-state index < -0.39 is 0 Å². The lowest BCUT2D eigenvalue weighted by atomic mass is 9.84. The SMILES string of the molecule is CSc1ccc(C(=O)Nc2ccc3c(c2)C(=O)c2ccccc2C3=O)cc1. The fraction of sp³-hybridized carbons (Fsp3) is 0.0455. The van der Waals surface area contributed by atoms with Crippen LogP contribution < -0.4 is 5.32 Å². The van der Waals surface area contributed by atoms with Crippen molar-refractivity contribution in [1.29, 1.82) is 0 Å². The molecule has 0 aliphatic heterocycles. The van der Waals surface area contributed by atoms with Crippen molar-refractivity contribution in [3.63, 3.8) is 0 Å². The van der Waals surface area contributed by atoms with Gasteiger partial charge in [-0.25, -0.2) is 0 Å². The molecule has 5 heteroatoms. The molecule has 4 nitrogen and oxygen atoms in total. The zero-order valence-electron chi connectivity index (χ0n) is 14.5. The van der Waals surface area contributed by atoms with Crippen LogP contribution >= 0.6 is 11.8 Å². The van der Waals surface area contributed by atoms with Crippen molar-refractivity contribution in [2.75, 3.05) is 11.6 Å². The number of ketones is 2. The van der Waals surface area contributed by atoms with E-state index in [1.165, 1.54) is 0 Å². The minimum Gasteiger partial charge on any atom is -0.322 e. The third kappa shape index (κ3) is 3.06. The van der Waals surface area contributed by atoms with Crippen molar-refractivity contribution in [3.05, 3.63) is 94.5 Å². The van der Waals surface area contributed by atoms with Crippen LogP contribution in [0.1, 0.15) is 42.2 Å². The van der Waals surface area contributed by atoms with Crippen LogP contribution in [0.25, 0.3) is 0 Å². The average Bonchev–Trinajstić information content (AvgIpc) is 2.72. The maximum absolute atomic E-state index is 12.8. The van der Waals surface area contributed by atoms with Gasteiger partial charge >= 0.3 is 0 Å². The van der Waals surface area contributed by atoms with E-state index in [9.17, 15) is 14.4 Å². The topological polar surface area (TPSA) is 63.2 Å². The standard InChI is InChI=1S/C22H15NO3S/c1-27-15-9-6-13(7-10-15)22(26)23-14-8-11-18-19(12-14)21(25)17-5-3-2-4-16(17)20(18)24/h2-12H,1H3,(H,23,26). The molecule has 1 aliphatic rings. The first-order chi connectivity index (χ1) is 13.1. The zero-order chi connectivity index (χ0) is 19.0. The number of anilines is 1. The average molecular weight is 373 g/mol.